The number of rotatable bonds is 6. The van der Waals surface area contributed by atoms with E-state index in [2.05, 4.69) is 10.3 Å². The highest BCUT2D eigenvalue weighted by Crippen LogP contribution is 2.28. The van der Waals surface area contributed by atoms with E-state index >= 15 is 0 Å². The van der Waals surface area contributed by atoms with E-state index in [1.54, 1.807) is 12.1 Å². The Hall–Kier alpha value is -2.68. The van der Waals surface area contributed by atoms with E-state index < -0.39 is 16.6 Å². The van der Waals surface area contributed by atoms with Crippen LogP contribution in [0.2, 0.25) is 0 Å². The number of non-ortho nitro benzene ring substituents is 1. The summed E-state index contributed by atoms with van der Waals surface area (Å²) in [6.45, 7) is 6.37. The summed E-state index contributed by atoms with van der Waals surface area (Å²) in [6.07, 6.45) is 0.217. The molecule has 2 rings (SSSR count). The summed E-state index contributed by atoms with van der Waals surface area (Å²) in [7, 11) is 1.35. The van der Waals surface area contributed by atoms with Crippen molar-refractivity contribution in [3.63, 3.8) is 0 Å². The second kappa shape index (κ2) is 8.13. The van der Waals surface area contributed by atoms with Crippen LogP contribution in [0.1, 0.15) is 26.5 Å². The molecule has 1 heterocycles. The number of anilines is 2. The lowest BCUT2D eigenvalue weighted by Crippen LogP contribution is -2.45. The quantitative estimate of drug-likeness (QED) is 0.601. The molecule has 0 saturated heterocycles. The van der Waals surface area contributed by atoms with Crippen LogP contribution in [0.3, 0.4) is 0 Å². The normalized spacial score (nSPS) is 11.1. The van der Waals surface area contributed by atoms with Crippen LogP contribution in [-0.4, -0.2) is 35.2 Å². The van der Waals surface area contributed by atoms with Gasteiger partial charge in [-0.05, 0) is 32.9 Å². The second-order valence-electron chi connectivity index (χ2n) is 6.58. The summed E-state index contributed by atoms with van der Waals surface area (Å²) >= 11 is 1.39. The molecule has 0 aliphatic carbocycles. The lowest BCUT2D eigenvalue weighted by atomic mass is 10.1. The van der Waals surface area contributed by atoms with Crippen molar-refractivity contribution in [1.29, 1.82) is 0 Å². The van der Waals surface area contributed by atoms with Crippen LogP contribution in [-0.2, 0) is 11.2 Å². The van der Waals surface area contributed by atoms with Crippen molar-refractivity contribution in [3.05, 3.63) is 45.5 Å². The molecule has 0 saturated carbocycles. The number of nitrogens with zero attached hydrogens (tertiary/aromatic N) is 3. The molecule has 0 atom stereocenters. The predicted molar refractivity (Wildman–Crippen MR) is 102 cm³/mol. The Labute approximate surface area is 156 Å². The van der Waals surface area contributed by atoms with Gasteiger partial charge in [-0.1, -0.05) is 0 Å². The van der Waals surface area contributed by atoms with Crippen molar-refractivity contribution in [2.24, 2.45) is 0 Å². The van der Waals surface area contributed by atoms with Crippen molar-refractivity contribution in [3.8, 4) is 0 Å². The summed E-state index contributed by atoms with van der Waals surface area (Å²) in [6, 6.07) is 6.26. The highest BCUT2D eigenvalue weighted by Gasteiger charge is 2.31. The van der Waals surface area contributed by atoms with Gasteiger partial charge in [-0.25, -0.2) is 14.7 Å². The summed E-state index contributed by atoms with van der Waals surface area (Å²) in [5.41, 5.74) is 1.28. The zero-order valence-electron chi connectivity index (χ0n) is 15.2. The summed E-state index contributed by atoms with van der Waals surface area (Å²) in [4.78, 5) is 28.3. The third kappa shape index (κ3) is 4.92. The molecule has 140 valence electrons. The second-order valence-corrected chi connectivity index (χ2v) is 7.41. The lowest BCUT2D eigenvalue weighted by molar-refractivity contribution is -0.384. The number of benzene rings is 1. The van der Waals surface area contributed by atoms with E-state index in [1.165, 1.54) is 35.5 Å². The first-order valence-corrected chi connectivity index (χ1v) is 8.91. The molecular weight excluding hydrogens is 356 g/mol. The van der Waals surface area contributed by atoms with Gasteiger partial charge in [0, 0.05) is 41.7 Å². The van der Waals surface area contributed by atoms with Crippen molar-refractivity contribution in [2.45, 2.75) is 32.7 Å². The summed E-state index contributed by atoms with van der Waals surface area (Å²) < 4.78 is 4.86. The number of methoxy groups -OCH3 is 1. The fraction of sp³-hybridized carbons (Fsp3) is 0.412. The van der Waals surface area contributed by atoms with Crippen molar-refractivity contribution in [2.75, 3.05) is 23.9 Å². The molecule has 9 heteroatoms. The van der Waals surface area contributed by atoms with Gasteiger partial charge in [-0.2, -0.15) is 0 Å². The fourth-order valence-electron chi connectivity index (χ4n) is 2.28. The average molecular weight is 378 g/mol. The van der Waals surface area contributed by atoms with Crippen LogP contribution < -0.4 is 10.2 Å². The molecule has 0 aliphatic rings. The molecular formula is C17H22N4O4S. The number of amides is 1. The molecule has 0 fully saturated rings. The topological polar surface area (TPSA) is 97.6 Å². The fourth-order valence-corrected chi connectivity index (χ4v) is 3.32. The molecule has 0 bridgehead atoms. The Morgan fingerprint density at radius 2 is 2.00 bits per heavy atom. The van der Waals surface area contributed by atoms with Crippen molar-refractivity contribution < 1.29 is 14.5 Å². The monoisotopic (exact) mass is 378 g/mol. The van der Waals surface area contributed by atoms with Crippen LogP contribution in [0.15, 0.2) is 29.6 Å². The largest absolute Gasteiger partial charge is 0.452 e. The van der Waals surface area contributed by atoms with E-state index in [0.717, 1.165) is 11.4 Å². The SMILES string of the molecule is COC(=O)N(c1nc(CCNc2ccc([N+](=O)[O-])cc2)cs1)C(C)(C)C. The van der Waals surface area contributed by atoms with Crippen molar-refractivity contribution >= 4 is 33.9 Å². The Bertz CT molecular complexity index is 768. The van der Waals surface area contributed by atoms with E-state index in [9.17, 15) is 14.9 Å². The molecule has 1 aromatic carbocycles. The molecule has 8 nitrogen and oxygen atoms in total. The number of hydrogen-bond acceptors (Lipinski definition) is 7. The summed E-state index contributed by atoms with van der Waals surface area (Å²) in [5.74, 6) is 0. The number of carbonyl (C=O) groups is 1. The maximum Gasteiger partial charge on any atom is 0.416 e. The summed E-state index contributed by atoms with van der Waals surface area (Å²) in [5, 5.41) is 16.4. The van der Waals surface area contributed by atoms with Gasteiger partial charge in [0.1, 0.15) is 0 Å². The van der Waals surface area contributed by atoms with Crippen LogP contribution in [0.5, 0.6) is 0 Å². The molecule has 26 heavy (non-hydrogen) atoms. The van der Waals surface area contributed by atoms with Gasteiger partial charge in [-0.3, -0.25) is 10.1 Å². The smallest absolute Gasteiger partial charge is 0.416 e. The molecule has 2 aromatic rings. The Balaban J connectivity index is 1.97. The van der Waals surface area contributed by atoms with Gasteiger partial charge in [0.2, 0.25) is 0 Å². The zero-order chi connectivity index (χ0) is 19.3. The van der Waals surface area contributed by atoms with Gasteiger partial charge in [-0.15, -0.1) is 11.3 Å². The maximum atomic E-state index is 12.1. The standard InChI is InChI=1S/C17H22N4O4S/c1-17(2,3)20(16(22)25-4)15-19-13(11-26-15)9-10-18-12-5-7-14(8-6-12)21(23)24/h5-8,11,18H,9-10H2,1-4H3. The van der Waals surface area contributed by atoms with Crippen LogP contribution >= 0.6 is 11.3 Å². The number of ether oxygens (including phenoxy) is 1. The molecule has 1 N–H and O–H groups in total. The Morgan fingerprint density at radius 3 is 2.54 bits per heavy atom. The van der Waals surface area contributed by atoms with Gasteiger partial charge in [0.25, 0.3) is 5.69 Å². The van der Waals surface area contributed by atoms with Gasteiger partial charge in [0.05, 0.1) is 17.7 Å². The third-order valence-electron chi connectivity index (χ3n) is 3.55. The van der Waals surface area contributed by atoms with Crippen LogP contribution in [0.25, 0.3) is 0 Å². The molecule has 1 amide bonds. The first-order valence-electron chi connectivity index (χ1n) is 8.03. The first kappa shape index (κ1) is 19.6. The molecule has 0 radical (unpaired) electrons. The number of nitrogens with one attached hydrogen (secondary N) is 1. The zero-order valence-corrected chi connectivity index (χ0v) is 16.0. The van der Waals surface area contributed by atoms with E-state index in [0.29, 0.717) is 18.1 Å². The minimum atomic E-state index is -0.445. The maximum absolute atomic E-state index is 12.1. The molecule has 1 aromatic heterocycles. The molecule has 0 unspecified atom stereocenters. The highest BCUT2D eigenvalue weighted by atomic mass is 32.1. The molecule has 0 aliphatic heterocycles. The van der Waals surface area contributed by atoms with Crippen molar-refractivity contribution in [1.82, 2.24) is 4.98 Å². The average Bonchev–Trinajstić information content (AvgIpc) is 3.02. The Morgan fingerprint density at radius 1 is 1.35 bits per heavy atom. The van der Waals surface area contributed by atoms with Gasteiger partial charge in [0.15, 0.2) is 5.13 Å². The third-order valence-corrected chi connectivity index (χ3v) is 4.42. The molecule has 0 spiro atoms. The van der Waals surface area contributed by atoms with E-state index in [1.807, 2.05) is 26.2 Å². The van der Waals surface area contributed by atoms with E-state index in [-0.39, 0.29) is 5.69 Å². The minimum Gasteiger partial charge on any atom is -0.452 e. The van der Waals surface area contributed by atoms with E-state index in [4.69, 9.17) is 4.74 Å². The number of carbonyl (C=O) groups excluding carboxylic acids is 1. The Kier molecular flexibility index (Phi) is 6.14. The number of thiazole rings is 1. The first-order chi connectivity index (χ1) is 12.2. The highest BCUT2D eigenvalue weighted by molar-refractivity contribution is 7.14. The van der Waals surface area contributed by atoms with Crippen LogP contribution in [0.4, 0.5) is 21.3 Å². The predicted octanol–water partition coefficient (Wildman–Crippen LogP) is 4.08. The number of nitro groups is 1. The number of aromatic nitrogens is 1. The minimum absolute atomic E-state index is 0.0600. The van der Waals surface area contributed by atoms with Gasteiger partial charge < -0.3 is 10.1 Å². The van der Waals surface area contributed by atoms with Crippen LogP contribution in [0, 0.1) is 10.1 Å². The number of nitro benzene ring substituents is 1. The number of hydrogen-bond donors (Lipinski definition) is 1. The van der Waals surface area contributed by atoms with Gasteiger partial charge >= 0.3 is 6.09 Å². The lowest BCUT2D eigenvalue weighted by Gasteiger charge is -2.31.